The average Bonchev–Trinajstić information content (AvgIpc) is 2.83. The molecule has 2 aromatic heterocycles. The maximum Gasteiger partial charge on any atom is 0.255 e. The maximum absolute atomic E-state index is 11.9. The number of likely N-dealkylation sites (N-methyl/N-ethyl adjacent to an activating group) is 1. The van der Waals surface area contributed by atoms with Crippen LogP contribution in [0.4, 0.5) is 5.69 Å². The topological polar surface area (TPSA) is 71.2 Å². The van der Waals surface area contributed by atoms with E-state index in [2.05, 4.69) is 10.1 Å². The molecule has 1 N–H and O–H groups in total. The highest BCUT2D eigenvalue weighted by atomic mass is 35.5. The van der Waals surface area contributed by atoms with Gasteiger partial charge in [0.2, 0.25) is 0 Å². The lowest BCUT2D eigenvalue weighted by Gasteiger charge is -2.20. The molecule has 106 valence electrons. The van der Waals surface area contributed by atoms with Crippen molar-refractivity contribution in [2.75, 3.05) is 11.4 Å². The van der Waals surface area contributed by atoms with Crippen LogP contribution in [0.1, 0.15) is 13.8 Å². The Balaban J connectivity index is 2.38. The predicted octanol–water partition coefficient (Wildman–Crippen LogP) is 1.65. The molecule has 20 heavy (non-hydrogen) atoms. The van der Waals surface area contributed by atoms with Gasteiger partial charge in [0.15, 0.2) is 5.15 Å². The van der Waals surface area contributed by atoms with Gasteiger partial charge in [-0.25, -0.2) is 4.68 Å². The van der Waals surface area contributed by atoms with E-state index in [1.807, 2.05) is 6.07 Å². The molecule has 0 saturated heterocycles. The zero-order chi connectivity index (χ0) is 14.7. The highest BCUT2D eigenvalue weighted by Crippen LogP contribution is 2.26. The van der Waals surface area contributed by atoms with Crippen LogP contribution in [0.15, 0.2) is 30.7 Å². The van der Waals surface area contributed by atoms with Crippen LogP contribution in [0, 0.1) is 0 Å². The first-order valence-corrected chi connectivity index (χ1v) is 6.57. The number of rotatable bonds is 4. The van der Waals surface area contributed by atoms with Crippen molar-refractivity contribution in [1.29, 1.82) is 0 Å². The van der Waals surface area contributed by atoms with E-state index in [-0.39, 0.29) is 5.15 Å². The number of hydrogen-bond donors (Lipinski definition) is 1. The average molecular weight is 295 g/mol. The molecule has 0 spiro atoms. The first-order valence-electron chi connectivity index (χ1n) is 6.19. The van der Waals surface area contributed by atoms with Gasteiger partial charge in [-0.1, -0.05) is 11.6 Å². The lowest BCUT2D eigenvalue weighted by atomic mass is 10.3. The van der Waals surface area contributed by atoms with Crippen LogP contribution >= 0.6 is 11.6 Å². The van der Waals surface area contributed by atoms with Crippen molar-refractivity contribution >= 4 is 23.2 Å². The molecule has 0 aromatic carbocycles. The summed E-state index contributed by atoms with van der Waals surface area (Å²) < 4.78 is 1.54. The lowest BCUT2D eigenvalue weighted by molar-refractivity contribution is -0.125. The van der Waals surface area contributed by atoms with E-state index in [0.717, 1.165) is 5.69 Å². The highest BCUT2D eigenvalue weighted by molar-refractivity contribution is 6.32. The summed E-state index contributed by atoms with van der Waals surface area (Å²) in [6.45, 7) is 3.62. The summed E-state index contributed by atoms with van der Waals surface area (Å²) in [4.78, 5) is 17.3. The molecule has 0 aliphatic rings. The van der Waals surface area contributed by atoms with Crippen LogP contribution in [-0.2, 0) is 4.79 Å². The number of anilines is 1. The van der Waals surface area contributed by atoms with Gasteiger partial charge in [0, 0.05) is 12.7 Å². The molecule has 2 aromatic rings. The Morgan fingerprint density at radius 2 is 2.35 bits per heavy atom. The molecule has 0 saturated carbocycles. The summed E-state index contributed by atoms with van der Waals surface area (Å²) in [6, 6.07) is 3.61. The Labute approximate surface area is 121 Å². The normalized spacial score (nSPS) is 12.2. The van der Waals surface area contributed by atoms with E-state index in [9.17, 15) is 9.90 Å². The maximum atomic E-state index is 11.9. The van der Waals surface area contributed by atoms with Crippen LogP contribution in [-0.4, -0.2) is 38.4 Å². The molecule has 0 bridgehead atoms. The Morgan fingerprint density at radius 3 is 2.90 bits per heavy atom. The van der Waals surface area contributed by atoms with Gasteiger partial charge in [0.1, 0.15) is 11.8 Å². The SMILES string of the molecule is CCN(C(=O)C(C)O)c1cn(-c2cccnc2)nc1Cl. The van der Waals surface area contributed by atoms with Crippen LogP contribution in [0.25, 0.3) is 5.69 Å². The summed E-state index contributed by atoms with van der Waals surface area (Å²) in [6.07, 6.45) is 3.85. The van der Waals surface area contributed by atoms with E-state index >= 15 is 0 Å². The third-order valence-corrected chi connectivity index (χ3v) is 3.06. The number of aliphatic hydroxyl groups excluding tert-OH is 1. The van der Waals surface area contributed by atoms with Crippen LogP contribution in [0.3, 0.4) is 0 Å². The smallest absolute Gasteiger partial charge is 0.255 e. The largest absolute Gasteiger partial charge is 0.384 e. The monoisotopic (exact) mass is 294 g/mol. The molecule has 7 heteroatoms. The number of nitrogens with zero attached hydrogens (tertiary/aromatic N) is 4. The minimum Gasteiger partial charge on any atom is -0.384 e. The molecule has 2 heterocycles. The number of halogens is 1. The third kappa shape index (κ3) is 2.81. The van der Waals surface area contributed by atoms with Gasteiger partial charge in [-0.15, -0.1) is 0 Å². The molecule has 0 radical (unpaired) electrons. The highest BCUT2D eigenvalue weighted by Gasteiger charge is 2.23. The fraction of sp³-hybridized carbons (Fsp3) is 0.308. The van der Waals surface area contributed by atoms with Gasteiger partial charge in [-0.2, -0.15) is 5.10 Å². The van der Waals surface area contributed by atoms with Crippen molar-refractivity contribution in [2.24, 2.45) is 0 Å². The summed E-state index contributed by atoms with van der Waals surface area (Å²) >= 11 is 6.09. The van der Waals surface area contributed by atoms with Gasteiger partial charge in [-0.3, -0.25) is 9.78 Å². The molecule has 1 atom stereocenters. The van der Waals surface area contributed by atoms with Gasteiger partial charge in [-0.05, 0) is 26.0 Å². The molecule has 0 aliphatic carbocycles. The van der Waals surface area contributed by atoms with Crippen molar-refractivity contribution in [3.63, 3.8) is 0 Å². The van der Waals surface area contributed by atoms with Gasteiger partial charge >= 0.3 is 0 Å². The molecule has 0 aliphatic heterocycles. The van der Waals surface area contributed by atoms with Crippen molar-refractivity contribution in [2.45, 2.75) is 20.0 Å². The van der Waals surface area contributed by atoms with Gasteiger partial charge in [0.25, 0.3) is 5.91 Å². The Bertz CT molecular complexity index is 598. The number of carbonyl (C=O) groups excluding carboxylic acids is 1. The molecule has 6 nitrogen and oxygen atoms in total. The molecular weight excluding hydrogens is 280 g/mol. The summed E-state index contributed by atoms with van der Waals surface area (Å²) in [5, 5.41) is 13.8. The molecule has 2 rings (SSSR count). The molecule has 1 unspecified atom stereocenters. The van der Waals surface area contributed by atoms with Gasteiger partial charge < -0.3 is 10.0 Å². The van der Waals surface area contributed by atoms with E-state index in [0.29, 0.717) is 12.2 Å². The van der Waals surface area contributed by atoms with Crippen LogP contribution < -0.4 is 4.90 Å². The van der Waals surface area contributed by atoms with Crippen LogP contribution in [0.5, 0.6) is 0 Å². The predicted molar refractivity (Wildman–Crippen MR) is 76.1 cm³/mol. The van der Waals surface area contributed by atoms with Gasteiger partial charge in [0.05, 0.1) is 18.1 Å². The minimum atomic E-state index is -1.09. The second-order valence-electron chi connectivity index (χ2n) is 4.22. The Hall–Kier alpha value is -1.92. The number of aromatic nitrogens is 3. The van der Waals surface area contributed by atoms with Crippen molar-refractivity contribution in [3.05, 3.63) is 35.9 Å². The zero-order valence-corrected chi connectivity index (χ0v) is 11.9. The number of aliphatic hydroxyl groups is 1. The fourth-order valence-corrected chi connectivity index (χ4v) is 2.05. The van der Waals surface area contributed by atoms with Crippen LogP contribution in [0.2, 0.25) is 5.15 Å². The quantitative estimate of drug-likeness (QED) is 0.931. The van der Waals surface area contributed by atoms with E-state index < -0.39 is 12.0 Å². The van der Waals surface area contributed by atoms with E-state index in [4.69, 9.17) is 11.6 Å². The van der Waals surface area contributed by atoms with Crippen molar-refractivity contribution < 1.29 is 9.90 Å². The van der Waals surface area contributed by atoms with E-state index in [1.54, 1.807) is 36.3 Å². The second-order valence-corrected chi connectivity index (χ2v) is 4.58. The number of carbonyl (C=O) groups is 1. The minimum absolute atomic E-state index is 0.199. The molecular formula is C13H15ClN4O2. The zero-order valence-electron chi connectivity index (χ0n) is 11.2. The standard InChI is InChI=1S/C13H15ClN4O2/c1-3-17(13(20)9(2)19)11-8-18(16-12(11)14)10-5-4-6-15-7-10/h4-9,19H,3H2,1-2H3. The second kappa shape index (κ2) is 6.02. The molecule has 1 amide bonds. The number of pyridine rings is 1. The van der Waals surface area contributed by atoms with E-state index in [1.165, 1.54) is 11.8 Å². The first-order chi connectivity index (χ1) is 9.54. The Morgan fingerprint density at radius 1 is 1.60 bits per heavy atom. The van der Waals surface area contributed by atoms with Crippen molar-refractivity contribution in [3.8, 4) is 5.69 Å². The summed E-state index contributed by atoms with van der Waals surface area (Å²) in [7, 11) is 0. The lowest BCUT2D eigenvalue weighted by Crippen LogP contribution is -2.37. The third-order valence-electron chi connectivity index (χ3n) is 2.79. The fourth-order valence-electron chi connectivity index (χ4n) is 1.82. The number of hydrogen-bond acceptors (Lipinski definition) is 4. The van der Waals surface area contributed by atoms with Crippen molar-refractivity contribution in [1.82, 2.24) is 14.8 Å². The Kier molecular flexibility index (Phi) is 4.36. The summed E-state index contributed by atoms with van der Waals surface area (Å²) in [5.74, 6) is -0.417. The summed E-state index contributed by atoms with van der Waals surface area (Å²) in [5.41, 5.74) is 1.20. The first kappa shape index (κ1) is 14.5. The number of amides is 1. The molecule has 0 fully saturated rings.